The van der Waals surface area contributed by atoms with Gasteiger partial charge < -0.3 is 10.2 Å². The van der Waals surface area contributed by atoms with E-state index < -0.39 is 0 Å². The van der Waals surface area contributed by atoms with Gasteiger partial charge in [0, 0.05) is 12.6 Å². The zero-order chi connectivity index (χ0) is 14.4. The zero-order valence-electron chi connectivity index (χ0n) is 13.4. The number of nitrogens with one attached hydrogen (secondary N) is 1. The number of rotatable bonds is 6. The van der Waals surface area contributed by atoms with Crippen LogP contribution in [0.1, 0.15) is 49.3 Å². The Bertz CT molecular complexity index is 406. The summed E-state index contributed by atoms with van der Waals surface area (Å²) < 4.78 is 0. The molecular weight excluding hydrogens is 244 g/mol. The van der Waals surface area contributed by atoms with E-state index in [9.17, 15) is 0 Å². The van der Waals surface area contributed by atoms with Crippen molar-refractivity contribution < 1.29 is 0 Å². The van der Waals surface area contributed by atoms with Gasteiger partial charge in [0.05, 0.1) is 0 Å². The lowest BCUT2D eigenvalue weighted by molar-refractivity contribution is 0.195. The molecule has 1 aliphatic heterocycles. The lowest BCUT2D eigenvalue weighted by atomic mass is 10.0. The van der Waals surface area contributed by atoms with E-state index in [4.69, 9.17) is 0 Å². The van der Waals surface area contributed by atoms with Gasteiger partial charge in [-0.05, 0) is 69.4 Å². The van der Waals surface area contributed by atoms with Gasteiger partial charge >= 0.3 is 0 Å². The molecule has 0 spiro atoms. The fourth-order valence-electron chi connectivity index (χ4n) is 3.00. The van der Waals surface area contributed by atoms with Gasteiger partial charge in [0.25, 0.3) is 0 Å². The maximum Gasteiger partial charge on any atom is 0.0210 e. The molecular formula is C18H30N2. The monoisotopic (exact) mass is 274 g/mol. The van der Waals surface area contributed by atoms with Crippen molar-refractivity contribution in [3.8, 4) is 0 Å². The molecule has 112 valence electrons. The van der Waals surface area contributed by atoms with Crippen LogP contribution in [0.5, 0.6) is 0 Å². The van der Waals surface area contributed by atoms with Crippen LogP contribution in [0.15, 0.2) is 18.2 Å². The van der Waals surface area contributed by atoms with Crippen LogP contribution in [-0.2, 0) is 6.54 Å². The maximum absolute atomic E-state index is 3.76. The van der Waals surface area contributed by atoms with Crippen LogP contribution in [-0.4, -0.2) is 30.6 Å². The van der Waals surface area contributed by atoms with Crippen LogP contribution < -0.4 is 5.32 Å². The Hall–Kier alpha value is -0.860. The number of hydrogen-bond donors (Lipinski definition) is 1. The van der Waals surface area contributed by atoms with Crippen molar-refractivity contribution in [3.05, 3.63) is 34.9 Å². The van der Waals surface area contributed by atoms with E-state index in [-0.39, 0.29) is 0 Å². The number of aryl methyl sites for hydroxylation is 1. The Morgan fingerprint density at radius 2 is 1.95 bits per heavy atom. The van der Waals surface area contributed by atoms with Crippen molar-refractivity contribution in [2.24, 2.45) is 0 Å². The lowest BCUT2D eigenvalue weighted by Crippen LogP contribution is -2.42. The molecule has 1 aromatic carbocycles. The predicted octanol–water partition coefficient (Wildman–Crippen LogP) is 3.66. The van der Waals surface area contributed by atoms with Gasteiger partial charge in [0.2, 0.25) is 0 Å². The highest BCUT2D eigenvalue weighted by Crippen LogP contribution is 2.15. The topological polar surface area (TPSA) is 15.3 Å². The number of nitrogens with zero attached hydrogens (tertiary/aromatic N) is 1. The van der Waals surface area contributed by atoms with Gasteiger partial charge in [-0.25, -0.2) is 0 Å². The molecule has 1 saturated heterocycles. The molecule has 2 heteroatoms. The molecule has 0 amide bonds. The fourth-order valence-corrected chi connectivity index (χ4v) is 3.00. The van der Waals surface area contributed by atoms with Crippen LogP contribution in [0.25, 0.3) is 0 Å². The van der Waals surface area contributed by atoms with Crippen LogP contribution in [0.3, 0.4) is 0 Å². The van der Waals surface area contributed by atoms with E-state index in [1.807, 2.05) is 0 Å². The molecule has 0 aromatic heterocycles. The average molecular weight is 274 g/mol. The zero-order valence-corrected chi connectivity index (χ0v) is 13.4. The Kier molecular flexibility index (Phi) is 6.06. The summed E-state index contributed by atoms with van der Waals surface area (Å²) in [6.07, 6.45) is 5.26. The van der Waals surface area contributed by atoms with Crippen molar-refractivity contribution in [1.29, 1.82) is 0 Å². The highest BCUT2D eigenvalue weighted by atomic mass is 15.1. The molecule has 1 aliphatic rings. The number of benzene rings is 1. The van der Waals surface area contributed by atoms with Crippen molar-refractivity contribution in [2.75, 3.05) is 19.6 Å². The second kappa shape index (κ2) is 7.80. The van der Waals surface area contributed by atoms with E-state index >= 15 is 0 Å². The molecule has 1 heterocycles. The third-order valence-electron chi connectivity index (χ3n) is 4.71. The second-order valence-corrected chi connectivity index (χ2v) is 6.21. The summed E-state index contributed by atoms with van der Waals surface area (Å²) in [5.41, 5.74) is 4.30. The summed E-state index contributed by atoms with van der Waals surface area (Å²) in [6.45, 7) is 11.6. The minimum atomic E-state index is 0.702. The molecule has 1 aromatic rings. The first-order valence-corrected chi connectivity index (χ1v) is 8.21. The first-order valence-electron chi connectivity index (χ1n) is 8.21. The van der Waals surface area contributed by atoms with Crippen molar-refractivity contribution in [2.45, 2.75) is 59.0 Å². The van der Waals surface area contributed by atoms with Gasteiger partial charge in [-0.1, -0.05) is 31.5 Å². The number of piperidine rings is 1. The van der Waals surface area contributed by atoms with Crippen molar-refractivity contribution in [3.63, 3.8) is 0 Å². The lowest BCUT2D eigenvalue weighted by Gasteiger charge is -2.32. The van der Waals surface area contributed by atoms with Crippen LogP contribution in [0, 0.1) is 13.8 Å². The van der Waals surface area contributed by atoms with Crippen LogP contribution >= 0.6 is 0 Å². The highest BCUT2D eigenvalue weighted by molar-refractivity contribution is 5.32. The summed E-state index contributed by atoms with van der Waals surface area (Å²) in [5.74, 6) is 0. The van der Waals surface area contributed by atoms with E-state index in [1.165, 1.54) is 62.0 Å². The summed E-state index contributed by atoms with van der Waals surface area (Å²) in [7, 11) is 0. The van der Waals surface area contributed by atoms with Gasteiger partial charge in [0.1, 0.15) is 0 Å². The van der Waals surface area contributed by atoms with Crippen molar-refractivity contribution >= 4 is 0 Å². The third kappa shape index (κ3) is 4.32. The minimum Gasteiger partial charge on any atom is -0.310 e. The average Bonchev–Trinajstić information content (AvgIpc) is 2.48. The van der Waals surface area contributed by atoms with Crippen molar-refractivity contribution in [1.82, 2.24) is 10.2 Å². The van der Waals surface area contributed by atoms with Gasteiger partial charge in [-0.3, -0.25) is 0 Å². The largest absolute Gasteiger partial charge is 0.310 e. The molecule has 1 fully saturated rings. The Morgan fingerprint density at radius 1 is 1.20 bits per heavy atom. The predicted molar refractivity (Wildman–Crippen MR) is 87.1 cm³/mol. The quantitative estimate of drug-likeness (QED) is 0.851. The number of unbranched alkanes of at least 4 members (excludes halogenated alkanes) is 1. The summed E-state index contributed by atoms with van der Waals surface area (Å²) in [6, 6.07) is 7.33. The molecule has 0 unspecified atom stereocenters. The van der Waals surface area contributed by atoms with E-state index in [2.05, 4.69) is 49.2 Å². The SMILES string of the molecule is CCCCN1CCC(NCc2cccc(C)c2C)CC1. The molecule has 0 bridgehead atoms. The highest BCUT2D eigenvalue weighted by Gasteiger charge is 2.18. The van der Waals surface area contributed by atoms with Crippen LogP contribution in [0.4, 0.5) is 0 Å². The van der Waals surface area contributed by atoms with E-state index in [0.29, 0.717) is 6.04 Å². The molecule has 0 saturated carbocycles. The standard InChI is InChI=1S/C18H30N2/c1-4-5-11-20-12-9-18(10-13-20)19-14-17-8-6-7-15(2)16(17)3/h6-8,18-19H,4-5,9-14H2,1-3H3. The van der Waals surface area contributed by atoms with E-state index in [1.54, 1.807) is 0 Å². The Balaban J connectivity index is 1.74. The van der Waals surface area contributed by atoms with Crippen LogP contribution in [0.2, 0.25) is 0 Å². The van der Waals surface area contributed by atoms with Gasteiger partial charge in [0.15, 0.2) is 0 Å². The molecule has 2 rings (SSSR count). The minimum absolute atomic E-state index is 0.702. The number of likely N-dealkylation sites (tertiary alicyclic amines) is 1. The third-order valence-corrected chi connectivity index (χ3v) is 4.71. The normalized spacial score (nSPS) is 17.6. The van der Waals surface area contributed by atoms with Gasteiger partial charge in [-0.15, -0.1) is 0 Å². The Morgan fingerprint density at radius 3 is 2.65 bits per heavy atom. The molecule has 2 nitrogen and oxygen atoms in total. The summed E-state index contributed by atoms with van der Waals surface area (Å²) in [5, 5.41) is 3.76. The molecule has 0 aliphatic carbocycles. The Labute approximate surface area is 124 Å². The van der Waals surface area contributed by atoms with E-state index in [0.717, 1.165) is 6.54 Å². The summed E-state index contributed by atoms with van der Waals surface area (Å²) in [4.78, 5) is 2.62. The number of hydrogen-bond acceptors (Lipinski definition) is 2. The molecule has 1 N–H and O–H groups in total. The molecule has 0 radical (unpaired) electrons. The summed E-state index contributed by atoms with van der Waals surface area (Å²) >= 11 is 0. The van der Waals surface area contributed by atoms with Gasteiger partial charge in [-0.2, -0.15) is 0 Å². The first kappa shape index (κ1) is 15.5. The molecule has 20 heavy (non-hydrogen) atoms. The second-order valence-electron chi connectivity index (χ2n) is 6.21. The smallest absolute Gasteiger partial charge is 0.0210 e. The fraction of sp³-hybridized carbons (Fsp3) is 0.667. The maximum atomic E-state index is 3.76. The molecule has 0 atom stereocenters. The first-order chi connectivity index (χ1) is 9.70.